The molecule has 2 saturated heterocycles. The van der Waals surface area contributed by atoms with Gasteiger partial charge in [-0.05, 0) is 56.5 Å². The largest absolute Gasteiger partial charge is 0.338 e. The summed E-state index contributed by atoms with van der Waals surface area (Å²) in [6.45, 7) is 5.41. The van der Waals surface area contributed by atoms with Crippen molar-refractivity contribution in [1.82, 2.24) is 19.3 Å². The zero-order valence-electron chi connectivity index (χ0n) is 18.7. The molecule has 1 aromatic heterocycles. The Bertz CT molecular complexity index is 1090. The molecule has 31 heavy (non-hydrogen) atoms. The number of amides is 2. The molecule has 1 aromatic carbocycles. The van der Waals surface area contributed by atoms with Gasteiger partial charge in [-0.15, -0.1) is 0 Å². The minimum Gasteiger partial charge on any atom is -0.338 e. The lowest BCUT2D eigenvalue weighted by molar-refractivity contribution is -0.135. The number of carbonyl (C=O) groups excluding carboxylic acids is 2. The first-order valence-electron chi connectivity index (χ1n) is 11.0. The van der Waals surface area contributed by atoms with E-state index in [1.54, 1.807) is 11.9 Å². The van der Waals surface area contributed by atoms with E-state index in [1.165, 1.54) is 16.9 Å². The van der Waals surface area contributed by atoms with Crippen molar-refractivity contribution in [2.75, 3.05) is 20.6 Å². The van der Waals surface area contributed by atoms with E-state index >= 15 is 0 Å². The molecule has 2 amide bonds. The van der Waals surface area contributed by atoms with E-state index in [0.29, 0.717) is 17.4 Å². The summed E-state index contributed by atoms with van der Waals surface area (Å²) in [4.78, 5) is 31.1. The summed E-state index contributed by atoms with van der Waals surface area (Å²) in [5, 5.41) is 1.54. The Balaban J connectivity index is 1.77. The van der Waals surface area contributed by atoms with Gasteiger partial charge in [-0.1, -0.05) is 25.1 Å². The fraction of sp³-hybridized carbons (Fsp3) is 0.458. The molecule has 0 N–H and O–H groups in total. The van der Waals surface area contributed by atoms with Gasteiger partial charge in [0.25, 0.3) is 5.91 Å². The quantitative estimate of drug-likeness (QED) is 0.540. The Morgan fingerprint density at radius 1 is 1.23 bits per heavy atom. The third-order valence-electron chi connectivity index (χ3n) is 6.57. The van der Waals surface area contributed by atoms with E-state index in [1.807, 2.05) is 30.3 Å². The molecule has 0 unspecified atom stereocenters. The molecule has 0 spiro atoms. The third kappa shape index (κ3) is 3.76. The molecule has 0 saturated carbocycles. The number of likely N-dealkylation sites (N-methyl/N-ethyl adjacent to an activating group) is 2. The zero-order chi connectivity index (χ0) is 22.3. The average Bonchev–Trinajstić information content (AvgIpc) is 3.20. The minimum absolute atomic E-state index is 0.113. The second kappa shape index (κ2) is 8.46. The van der Waals surface area contributed by atoms with Crippen molar-refractivity contribution in [3.05, 3.63) is 41.2 Å². The van der Waals surface area contributed by atoms with E-state index in [9.17, 15) is 9.59 Å². The number of aromatic nitrogens is 1. The molecule has 1 atom stereocenters. The van der Waals surface area contributed by atoms with Gasteiger partial charge in [-0.2, -0.15) is 0 Å². The van der Waals surface area contributed by atoms with Crippen LogP contribution in [-0.2, 0) is 22.6 Å². The van der Waals surface area contributed by atoms with Crippen LogP contribution in [0.3, 0.4) is 0 Å². The van der Waals surface area contributed by atoms with Crippen LogP contribution in [0.5, 0.6) is 0 Å². The van der Waals surface area contributed by atoms with Gasteiger partial charge in [0.1, 0.15) is 12.2 Å². The van der Waals surface area contributed by atoms with E-state index < -0.39 is 0 Å². The Morgan fingerprint density at radius 2 is 2.00 bits per heavy atom. The molecule has 3 heterocycles. The lowest BCUT2D eigenvalue weighted by atomic mass is 10.0. The number of thiocarbonyl (C=S) groups is 1. The van der Waals surface area contributed by atoms with Crippen LogP contribution in [0.4, 0.5) is 0 Å². The average molecular weight is 439 g/mol. The smallest absolute Gasteiger partial charge is 0.276 e. The number of likely N-dealkylation sites (tertiary alicyclic amines) is 1. The molecule has 0 radical (unpaired) electrons. The molecule has 2 aliphatic heterocycles. The van der Waals surface area contributed by atoms with Gasteiger partial charge < -0.3 is 14.4 Å². The normalized spacial score (nSPS) is 21.1. The fourth-order valence-corrected chi connectivity index (χ4v) is 4.91. The second-order valence-electron chi connectivity index (χ2n) is 8.55. The first-order valence-corrected chi connectivity index (χ1v) is 11.4. The molecular formula is C24H30N4O2S. The van der Waals surface area contributed by atoms with Gasteiger partial charge in [-0.25, -0.2) is 0 Å². The van der Waals surface area contributed by atoms with Crippen molar-refractivity contribution < 1.29 is 9.59 Å². The number of benzene rings is 1. The van der Waals surface area contributed by atoms with Crippen LogP contribution >= 0.6 is 12.2 Å². The molecular weight excluding hydrogens is 408 g/mol. The van der Waals surface area contributed by atoms with Crippen molar-refractivity contribution in [2.45, 2.75) is 52.1 Å². The standard InChI is InChI=1S/C24H30N4O2S/c1-5-17-10-8-11-19-18(13-20-23(30)26(4)24(31)25(20)3)14-27(22(17)19)15-21(29)28-12-7-6-9-16(28)2/h8,10-11,13-14,16H,5-7,9,12,15H2,1-4H3/b20-13-/t16-/m1/s1. The van der Waals surface area contributed by atoms with Crippen molar-refractivity contribution in [3.63, 3.8) is 0 Å². The molecule has 7 heteroatoms. The zero-order valence-corrected chi connectivity index (χ0v) is 19.5. The summed E-state index contributed by atoms with van der Waals surface area (Å²) in [6, 6.07) is 6.50. The molecule has 0 aliphatic carbocycles. The molecule has 164 valence electrons. The molecule has 2 fully saturated rings. The number of piperidine rings is 1. The summed E-state index contributed by atoms with van der Waals surface area (Å²) in [5.41, 5.74) is 3.74. The number of carbonyl (C=O) groups is 2. The molecule has 2 aromatic rings. The summed E-state index contributed by atoms with van der Waals surface area (Å²) in [6.07, 6.45) is 8.10. The first kappa shape index (κ1) is 21.6. The number of rotatable bonds is 4. The fourth-order valence-electron chi connectivity index (χ4n) is 4.73. The molecule has 0 bridgehead atoms. The van der Waals surface area contributed by atoms with Gasteiger partial charge >= 0.3 is 0 Å². The summed E-state index contributed by atoms with van der Waals surface area (Å²) in [7, 11) is 3.51. The Hall–Kier alpha value is -2.67. The van der Waals surface area contributed by atoms with E-state index in [4.69, 9.17) is 12.2 Å². The number of nitrogens with zero attached hydrogens (tertiary/aromatic N) is 4. The van der Waals surface area contributed by atoms with Crippen LogP contribution in [0.25, 0.3) is 17.0 Å². The van der Waals surface area contributed by atoms with Crippen LogP contribution in [-0.4, -0.2) is 62.9 Å². The highest BCUT2D eigenvalue weighted by molar-refractivity contribution is 7.80. The number of para-hydroxylation sites is 1. The summed E-state index contributed by atoms with van der Waals surface area (Å²) < 4.78 is 2.06. The number of fused-ring (bicyclic) bond motifs is 1. The van der Waals surface area contributed by atoms with Gasteiger partial charge in [0.2, 0.25) is 5.91 Å². The summed E-state index contributed by atoms with van der Waals surface area (Å²) >= 11 is 5.35. The Morgan fingerprint density at radius 3 is 2.65 bits per heavy atom. The van der Waals surface area contributed by atoms with Crippen LogP contribution in [0.15, 0.2) is 30.1 Å². The third-order valence-corrected chi connectivity index (χ3v) is 7.12. The predicted octanol–water partition coefficient (Wildman–Crippen LogP) is 3.63. The Labute approximate surface area is 189 Å². The van der Waals surface area contributed by atoms with Gasteiger partial charge in [0.05, 0.1) is 5.52 Å². The number of hydrogen-bond donors (Lipinski definition) is 0. The highest BCUT2D eigenvalue weighted by Crippen LogP contribution is 2.30. The summed E-state index contributed by atoms with van der Waals surface area (Å²) in [5.74, 6) is 0.0439. The van der Waals surface area contributed by atoms with Crippen molar-refractivity contribution >= 4 is 46.1 Å². The van der Waals surface area contributed by atoms with E-state index in [2.05, 4.69) is 30.5 Å². The SMILES string of the molecule is CCc1cccc2c(/C=C3/C(=O)N(C)C(=S)N3C)cn(CC(=O)N3CCCC[C@H]3C)c12. The first-order chi connectivity index (χ1) is 14.8. The topological polar surface area (TPSA) is 48.8 Å². The molecule has 6 nitrogen and oxygen atoms in total. The number of hydrogen-bond acceptors (Lipinski definition) is 3. The highest BCUT2D eigenvalue weighted by Gasteiger charge is 2.33. The maximum Gasteiger partial charge on any atom is 0.276 e. The van der Waals surface area contributed by atoms with Crippen molar-refractivity contribution in [2.24, 2.45) is 0 Å². The monoisotopic (exact) mass is 438 g/mol. The van der Waals surface area contributed by atoms with Crippen LogP contribution < -0.4 is 0 Å². The predicted molar refractivity (Wildman–Crippen MR) is 127 cm³/mol. The van der Waals surface area contributed by atoms with Crippen LogP contribution in [0.2, 0.25) is 0 Å². The van der Waals surface area contributed by atoms with Gasteiger partial charge in [0.15, 0.2) is 5.11 Å². The lowest BCUT2D eigenvalue weighted by Gasteiger charge is -2.33. The maximum absolute atomic E-state index is 13.2. The van der Waals surface area contributed by atoms with Gasteiger partial charge in [-0.3, -0.25) is 14.5 Å². The molecule has 2 aliphatic rings. The van der Waals surface area contributed by atoms with Crippen LogP contribution in [0.1, 0.15) is 44.2 Å². The van der Waals surface area contributed by atoms with E-state index in [0.717, 1.165) is 42.3 Å². The Kier molecular flexibility index (Phi) is 5.88. The van der Waals surface area contributed by atoms with Gasteiger partial charge in [0, 0.05) is 43.8 Å². The van der Waals surface area contributed by atoms with Crippen LogP contribution in [0, 0.1) is 0 Å². The van der Waals surface area contributed by atoms with Crippen molar-refractivity contribution in [3.8, 4) is 0 Å². The van der Waals surface area contributed by atoms with Crippen molar-refractivity contribution in [1.29, 1.82) is 0 Å². The minimum atomic E-state index is -0.113. The molecule has 4 rings (SSSR count). The maximum atomic E-state index is 13.2. The lowest BCUT2D eigenvalue weighted by Crippen LogP contribution is -2.43. The van der Waals surface area contributed by atoms with E-state index in [-0.39, 0.29) is 17.9 Å². The highest BCUT2D eigenvalue weighted by atomic mass is 32.1. The second-order valence-corrected chi connectivity index (χ2v) is 8.91. The number of aryl methyl sites for hydroxylation is 1.